The predicted molar refractivity (Wildman–Crippen MR) is 100 cm³/mol. The average molecular weight is 328 g/mol. The Morgan fingerprint density at radius 3 is 2.48 bits per heavy atom. The molecule has 0 fully saturated rings. The summed E-state index contributed by atoms with van der Waals surface area (Å²) in [5.74, 6) is 0.146. The van der Waals surface area contributed by atoms with Crippen molar-refractivity contribution < 1.29 is 4.79 Å². The van der Waals surface area contributed by atoms with Crippen LogP contribution in [0.1, 0.15) is 39.3 Å². The van der Waals surface area contributed by atoms with Crippen LogP contribution in [0, 0.1) is 13.8 Å². The molecule has 1 aliphatic rings. The maximum Gasteiger partial charge on any atom is 0.189 e. The quantitative estimate of drug-likeness (QED) is 0.639. The summed E-state index contributed by atoms with van der Waals surface area (Å²) in [6, 6.07) is 18.0. The van der Waals surface area contributed by atoms with Crippen molar-refractivity contribution in [2.24, 2.45) is 0 Å². The number of para-hydroxylation sites is 1. The van der Waals surface area contributed by atoms with Gasteiger partial charge in [-0.2, -0.15) is 5.10 Å². The van der Waals surface area contributed by atoms with Crippen molar-refractivity contribution in [1.82, 2.24) is 9.78 Å². The molecule has 0 aliphatic heterocycles. The molecule has 25 heavy (non-hydrogen) atoms. The number of hydrogen-bond acceptors (Lipinski definition) is 2. The van der Waals surface area contributed by atoms with Crippen LogP contribution in [0.25, 0.3) is 11.8 Å². The predicted octanol–water partition coefficient (Wildman–Crippen LogP) is 4.70. The molecule has 1 heterocycles. The molecule has 3 nitrogen and oxygen atoms in total. The molecule has 0 atom stereocenters. The Hall–Kier alpha value is -2.94. The van der Waals surface area contributed by atoms with Crippen molar-refractivity contribution in [2.75, 3.05) is 0 Å². The zero-order valence-corrected chi connectivity index (χ0v) is 14.5. The van der Waals surface area contributed by atoms with Crippen LogP contribution in [0.5, 0.6) is 0 Å². The highest BCUT2D eigenvalue weighted by Crippen LogP contribution is 2.28. The molecule has 4 rings (SSSR count). The van der Waals surface area contributed by atoms with Gasteiger partial charge in [-0.25, -0.2) is 4.68 Å². The van der Waals surface area contributed by atoms with E-state index in [4.69, 9.17) is 0 Å². The lowest BCUT2D eigenvalue weighted by Crippen LogP contribution is -2.13. The summed E-state index contributed by atoms with van der Waals surface area (Å²) in [6.07, 6.45) is 3.74. The smallest absolute Gasteiger partial charge is 0.189 e. The second kappa shape index (κ2) is 6.17. The molecule has 0 unspecified atom stereocenters. The van der Waals surface area contributed by atoms with Crippen molar-refractivity contribution in [1.29, 1.82) is 0 Å². The van der Waals surface area contributed by atoms with Crippen LogP contribution in [0.3, 0.4) is 0 Å². The highest BCUT2D eigenvalue weighted by molar-refractivity contribution is 6.13. The Bertz CT molecular complexity index is 981. The molecule has 1 aliphatic carbocycles. The van der Waals surface area contributed by atoms with Gasteiger partial charge in [0.1, 0.15) is 0 Å². The minimum Gasteiger partial charge on any atom is -0.289 e. The number of carbonyl (C=O) groups is 1. The first-order chi connectivity index (χ1) is 12.1. The number of nitrogens with zero attached hydrogens (tertiary/aromatic N) is 2. The molecular formula is C22H20N2O. The summed E-state index contributed by atoms with van der Waals surface area (Å²) < 4.78 is 1.95. The summed E-state index contributed by atoms with van der Waals surface area (Å²) in [4.78, 5) is 12.8. The lowest BCUT2D eigenvalue weighted by Gasteiger charge is -2.17. The molecule has 2 aromatic carbocycles. The SMILES string of the molecule is Cc1nn(-c2ccccc2)c(C)c1/C=C1\CCc2ccccc2C1=O. The maximum absolute atomic E-state index is 12.8. The van der Waals surface area contributed by atoms with Crippen molar-refractivity contribution in [3.8, 4) is 5.69 Å². The fourth-order valence-electron chi connectivity index (χ4n) is 3.51. The fraction of sp³-hybridized carbons (Fsp3) is 0.182. The number of carbonyl (C=O) groups excluding carboxylic acids is 1. The minimum atomic E-state index is 0.146. The third-order valence-corrected chi connectivity index (χ3v) is 4.88. The van der Waals surface area contributed by atoms with Crippen molar-refractivity contribution >= 4 is 11.9 Å². The van der Waals surface area contributed by atoms with Gasteiger partial charge in [-0.05, 0) is 50.5 Å². The lowest BCUT2D eigenvalue weighted by atomic mass is 9.86. The monoisotopic (exact) mass is 328 g/mol. The molecule has 0 bridgehead atoms. The Labute approximate surface area is 147 Å². The second-order valence-corrected chi connectivity index (χ2v) is 6.49. The molecule has 3 heteroatoms. The zero-order chi connectivity index (χ0) is 17.4. The normalized spacial score (nSPS) is 15.4. The van der Waals surface area contributed by atoms with Gasteiger partial charge in [-0.3, -0.25) is 4.79 Å². The van der Waals surface area contributed by atoms with Gasteiger partial charge in [0, 0.05) is 22.4 Å². The first-order valence-electron chi connectivity index (χ1n) is 8.60. The summed E-state index contributed by atoms with van der Waals surface area (Å²) in [7, 11) is 0. The van der Waals surface area contributed by atoms with E-state index in [9.17, 15) is 4.79 Å². The van der Waals surface area contributed by atoms with Crippen molar-refractivity contribution in [3.05, 3.63) is 88.2 Å². The molecule has 3 aromatic rings. The second-order valence-electron chi connectivity index (χ2n) is 6.49. The first-order valence-corrected chi connectivity index (χ1v) is 8.60. The number of benzene rings is 2. The van der Waals surface area contributed by atoms with Crippen LogP contribution >= 0.6 is 0 Å². The van der Waals surface area contributed by atoms with E-state index in [2.05, 4.69) is 12.0 Å². The molecule has 1 aromatic heterocycles. The molecule has 124 valence electrons. The van der Waals surface area contributed by atoms with Crippen LogP contribution in [-0.4, -0.2) is 15.6 Å². The minimum absolute atomic E-state index is 0.146. The fourth-order valence-corrected chi connectivity index (χ4v) is 3.51. The highest BCUT2D eigenvalue weighted by Gasteiger charge is 2.22. The van der Waals surface area contributed by atoms with E-state index < -0.39 is 0 Å². The van der Waals surface area contributed by atoms with E-state index in [0.717, 1.165) is 52.2 Å². The van der Waals surface area contributed by atoms with Gasteiger partial charge in [0.15, 0.2) is 5.78 Å². The molecular weight excluding hydrogens is 308 g/mol. The van der Waals surface area contributed by atoms with Crippen LogP contribution in [-0.2, 0) is 6.42 Å². The lowest BCUT2D eigenvalue weighted by molar-refractivity contribution is 0.102. The molecule has 0 radical (unpaired) electrons. The molecule has 0 N–H and O–H groups in total. The highest BCUT2D eigenvalue weighted by atomic mass is 16.1. The summed E-state index contributed by atoms with van der Waals surface area (Å²) in [5, 5.41) is 4.68. The van der Waals surface area contributed by atoms with Gasteiger partial charge in [-0.1, -0.05) is 42.5 Å². The topological polar surface area (TPSA) is 34.9 Å². The number of Topliss-reactive ketones (excluding diaryl/α,β-unsaturated/α-hetero) is 1. The number of hydrogen-bond donors (Lipinski definition) is 0. The third kappa shape index (κ3) is 2.72. The Morgan fingerprint density at radius 2 is 1.68 bits per heavy atom. The maximum atomic E-state index is 12.8. The van der Waals surface area contributed by atoms with E-state index in [-0.39, 0.29) is 5.78 Å². The number of ketones is 1. The third-order valence-electron chi connectivity index (χ3n) is 4.88. The van der Waals surface area contributed by atoms with Crippen LogP contribution in [0.4, 0.5) is 0 Å². The number of aryl methyl sites for hydroxylation is 2. The number of allylic oxidation sites excluding steroid dienone is 1. The van der Waals surface area contributed by atoms with Crippen LogP contribution < -0.4 is 0 Å². The van der Waals surface area contributed by atoms with Crippen LogP contribution in [0.2, 0.25) is 0 Å². The average Bonchev–Trinajstić information content (AvgIpc) is 2.93. The van der Waals surface area contributed by atoms with Crippen molar-refractivity contribution in [2.45, 2.75) is 26.7 Å². The molecule has 0 saturated carbocycles. The Morgan fingerprint density at radius 1 is 0.960 bits per heavy atom. The van der Waals surface area contributed by atoms with Gasteiger partial charge in [-0.15, -0.1) is 0 Å². The van der Waals surface area contributed by atoms with E-state index in [1.165, 1.54) is 0 Å². The summed E-state index contributed by atoms with van der Waals surface area (Å²) in [5.41, 5.74) is 6.95. The van der Waals surface area contributed by atoms with E-state index in [1.54, 1.807) is 0 Å². The number of fused-ring (bicyclic) bond motifs is 1. The summed E-state index contributed by atoms with van der Waals surface area (Å²) >= 11 is 0. The standard InChI is InChI=1S/C22H20N2O/c1-15-21(16(2)24(23-15)19-9-4-3-5-10-19)14-18-13-12-17-8-6-7-11-20(17)22(18)25/h3-11,14H,12-13H2,1-2H3/b18-14+. The van der Waals surface area contributed by atoms with E-state index in [0.29, 0.717) is 0 Å². The van der Waals surface area contributed by atoms with Crippen LogP contribution in [0.15, 0.2) is 60.2 Å². The van der Waals surface area contributed by atoms with E-state index >= 15 is 0 Å². The number of rotatable bonds is 2. The van der Waals surface area contributed by atoms with Gasteiger partial charge >= 0.3 is 0 Å². The number of aromatic nitrogens is 2. The van der Waals surface area contributed by atoms with Crippen molar-refractivity contribution in [3.63, 3.8) is 0 Å². The summed E-state index contributed by atoms with van der Waals surface area (Å²) in [6.45, 7) is 4.06. The molecule has 0 amide bonds. The molecule has 0 spiro atoms. The van der Waals surface area contributed by atoms with Gasteiger partial charge in [0.2, 0.25) is 0 Å². The van der Waals surface area contributed by atoms with Gasteiger partial charge in [0.05, 0.1) is 11.4 Å². The van der Waals surface area contributed by atoms with E-state index in [1.807, 2.05) is 72.3 Å². The first kappa shape index (κ1) is 15.6. The molecule has 0 saturated heterocycles. The Balaban J connectivity index is 1.76. The zero-order valence-electron chi connectivity index (χ0n) is 14.5. The largest absolute Gasteiger partial charge is 0.289 e. The van der Waals surface area contributed by atoms with Gasteiger partial charge < -0.3 is 0 Å². The Kier molecular flexibility index (Phi) is 3.85. The van der Waals surface area contributed by atoms with Gasteiger partial charge in [0.25, 0.3) is 0 Å².